The SMILES string of the molecule is CNCc1ccccc1-c1cccc2nccn12. The second-order valence-corrected chi connectivity index (χ2v) is 4.25. The standard InChI is InChI=1S/C15H15N3/c1-16-11-12-5-2-3-6-13(12)14-7-4-8-15-17-9-10-18(14)15/h2-10,16H,11H2,1H3. The number of imidazole rings is 1. The Balaban J connectivity index is 2.23. The summed E-state index contributed by atoms with van der Waals surface area (Å²) in [6.07, 6.45) is 3.83. The summed E-state index contributed by atoms with van der Waals surface area (Å²) in [6, 6.07) is 14.7. The zero-order chi connectivity index (χ0) is 12.4. The summed E-state index contributed by atoms with van der Waals surface area (Å²) in [5.41, 5.74) is 4.69. The molecule has 18 heavy (non-hydrogen) atoms. The van der Waals surface area contributed by atoms with Gasteiger partial charge in [0.25, 0.3) is 0 Å². The Morgan fingerprint density at radius 2 is 2.00 bits per heavy atom. The first-order valence-corrected chi connectivity index (χ1v) is 6.05. The number of nitrogens with one attached hydrogen (secondary N) is 1. The maximum atomic E-state index is 4.33. The van der Waals surface area contributed by atoms with Gasteiger partial charge in [0.15, 0.2) is 0 Å². The van der Waals surface area contributed by atoms with Crippen LogP contribution in [0.5, 0.6) is 0 Å². The van der Waals surface area contributed by atoms with E-state index in [9.17, 15) is 0 Å². The van der Waals surface area contributed by atoms with Crippen molar-refractivity contribution in [2.45, 2.75) is 6.54 Å². The van der Waals surface area contributed by atoms with Gasteiger partial charge in [-0.15, -0.1) is 0 Å². The molecule has 1 aromatic carbocycles. The third-order valence-corrected chi connectivity index (χ3v) is 3.09. The van der Waals surface area contributed by atoms with Gasteiger partial charge in [0.2, 0.25) is 0 Å². The summed E-state index contributed by atoms with van der Waals surface area (Å²) in [7, 11) is 1.97. The molecule has 0 unspecified atom stereocenters. The van der Waals surface area contributed by atoms with E-state index in [2.05, 4.69) is 45.0 Å². The molecule has 0 spiro atoms. The Kier molecular flexibility index (Phi) is 2.82. The number of hydrogen-bond donors (Lipinski definition) is 1. The molecule has 0 bridgehead atoms. The van der Waals surface area contributed by atoms with E-state index in [1.807, 2.05) is 31.6 Å². The highest BCUT2D eigenvalue weighted by Gasteiger charge is 2.07. The van der Waals surface area contributed by atoms with E-state index in [1.54, 1.807) is 0 Å². The van der Waals surface area contributed by atoms with Crippen molar-refractivity contribution in [1.29, 1.82) is 0 Å². The van der Waals surface area contributed by atoms with Crippen molar-refractivity contribution in [1.82, 2.24) is 14.7 Å². The number of benzene rings is 1. The van der Waals surface area contributed by atoms with Crippen LogP contribution in [0.2, 0.25) is 0 Å². The molecule has 2 heterocycles. The molecule has 90 valence electrons. The maximum absolute atomic E-state index is 4.33. The molecule has 0 saturated heterocycles. The van der Waals surface area contributed by atoms with Crippen molar-refractivity contribution in [2.24, 2.45) is 0 Å². The molecular formula is C15H15N3. The monoisotopic (exact) mass is 237 g/mol. The first kappa shape index (κ1) is 11.0. The molecule has 3 aromatic rings. The van der Waals surface area contributed by atoms with E-state index in [4.69, 9.17) is 0 Å². The first-order valence-electron chi connectivity index (χ1n) is 6.05. The number of nitrogens with zero attached hydrogens (tertiary/aromatic N) is 2. The van der Waals surface area contributed by atoms with Gasteiger partial charge in [0.05, 0.1) is 5.69 Å². The van der Waals surface area contributed by atoms with Crippen LogP contribution in [0.15, 0.2) is 54.9 Å². The fraction of sp³-hybridized carbons (Fsp3) is 0.133. The van der Waals surface area contributed by atoms with Crippen LogP contribution in [0.1, 0.15) is 5.56 Å². The van der Waals surface area contributed by atoms with E-state index >= 15 is 0 Å². The number of rotatable bonds is 3. The van der Waals surface area contributed by atoms with Crippen LogP contribution in [0.3, 0.4) is 0 Å². The Labute approximate surface area is 106 Å². The minimum absolute atomic E-state index is 0.862. The molecule has 0 aliphatic rings. The molecule has 0 amide bonds. The molecule has 0 aliphatic heterocycles. The molecule has 3 heteroatoms. The van der Waals surface area contributed by atoms with Crippen molar-refractivity contribution in [2.75, 3.05) is 7.05 Å². The molecule has 0 radical (unpaired) electrons. The van der Waals surface area contributed by atoms with Gasteiger partial charge in [-0.2, -0.15) is 0 Å². The lowest BCUT2D eigenvalue weighted by Gasteiger charge is -2.11. The third-order valence-electron chi connectivity index (χ3n) is 3.09. The molecule has 3 nitrogen and oxygen atoms in total. The lowest BCUT2D eigenvalue weighted by atomic mass is 10.0. The lowest BCUT2D eigenvalue weighted by Crippen LogP contribution is -2.07. The topological polar surface area (TPSA) is 29.3 Å². The van der Waals surface area contributed by atoms with E-state index in [0.29, 0.717) is 0 Å². The highest BCUT2D eigenvalue weighted by molar-refractivity contribution is 5.67. The third kappa shape index (κ3) is 1.79. The van der Waals surface area contributed by atoms with Crippen LogP contribution >= 0.6 is 0 Å². The van der Waals surface area contributed by atoms with Crippen LogP contribution in [0, 0.1) is 0 Å². The highest BCUT2D eigenvalue weighted by Crippen LogP contribution is 2.24. The fourth-order valence-electron chi connectivity index (χ4n) is 2.28. The molecule has 0 atom stereocenters. The Morgan fingerprint density at radius 3 is 2.89 bits per heavy atom. The van der Waals surface area contributed by atoms with Crippen molar-refractivity contribution in [3.05, 3.63) is 60.4 Å². The van der Waals surface area contributed by atoms with Gasteiger partial charge in [0, 0.05) is 24.5 Å². The maximum Gasteiger partial charge on any atom is 0.137 e. The van der Waals surface area contributed by atoms with Gasteiger partial charge >= 0.3 is 0 Å². The van der Waals surface area contributed by atoms with E-state index in [0.717, 1.165) is 12.2 Å². The van der Waals surface area contributed by atoms with E-state index in [1.165, 1.54) is 16.8 Å². The average molecular weight is 237 g/mol. The Hall–Kier alpha value is -2.13. The number of pyridine rings is 1. The molecule has 1 N–H and O–H groups in total. The van der Waals surface area contributed by atoms with Gasteiger partial charge in [-0.05, 0) is 24.7 Å². The van der Waals surface area contributed by atoms with Crippen molar-refractivity contribution < 1.29 is 0 Å². The second-order valence-electron chi connectivity index (χ2n) is 4.25. The van der Waals surface area contributed by atoms with Crippen LogP contribution in [-0.2, 0) is 6.54 Å². The Morgan fingerprint density at radius 1 is 1.11 bits per heavy atom. The van der Waals surface area contributed by atoms with Gasteiger partial charge in [-0.25, -0.2) is 4.98 Å². The second kappa shape index (κ2) is 4.63. The summed E-state index contributed by atoms with van der Waals surface area (Å²) in [5, 5.41) is 3.21. The van der Waals surface area contributed by atoms with Crippen molar-refractivity contribution in [3.63, 3.8) is 0 Å². The lowest BCUT2D eigenvalue weighted by molar-refractivity contribution is 0.818. The minimum Gasteiger partial charge on any atom is -0.316 e. The van der Waals surface area contributed by atoms with Gasteiger partial charge in [-0.3, -0.25) is 4.40 Å². The van der Waals surface area contributed by atoms with Crippen LogP contribution in [-0.4, -0.2) is 16.4 Å². The number of hydrogen-bond acceptors (Lipinski definition) is 2. The first-order chi connectivity index (χ1) is 8.90. The zero-order valence-corrected chi connectivity index (χ0v) is 10.3. The predicted molar refractivity (Wildman–Crippen MR) is 73.4 cm³/mol. The molecular weight excluding hydrogens is 222 g/mol. The smallest absolute Gasteiger partial charge is 0.137 e. The molecule has 2 aromatic heterocycles. The quantitative estimate of drug-likeness (QED) is 0.759. The Bertz CT molecular complexity index is 670. The zero-order valence-electron chi connectivity index (χ0n) is 10.3. The summed E-state index contributed by atoms with van der Waals surface area (Å²) < 4.78 is 2.12. The molecule has 0 saturated carbocycles. The van der Waals surface area contributed by atoms with Crippen molar-refractivity contribution in [3.8, 4) is 11.3 Å². The van der Waals surface area contributed by atoms with E-state index < -0.39 is 0 Å². The molecule has 0 aliphatic carbocycles. The summed E-state index contributed by atoms with van der Waals surface area (Å²) in [6.45, 7) is 0.862. The van der Waals surface area contributed by atoms with Gasteiger partial charge in [-0.1, -0.05) is 30.3 Å². The van der Waals surface area contributed by atoms with Crippen LogP contribution in [0.4, 0.5) is 0 Å². The largest absolute Gasteiger partial charge is 0.316 e. The van der Waals surface area contributed by atoms with Gasteiger partial charge < -0.3 is 5.32 Å². The fourth-order valence-corrected chi connectivity index (χ4v) is 2.28. The average Bonchev–Trinajstić information content (AvgIpc) is 2.88. The van der Waals surface area contributed by atoms with E-state index in [-0.39, 0.29) is 0 Å². The summed E-state index contributed by atoms with van der Waals surface area (Å²) >= 11 is 0. The molecule has 3 rings (SSSR count). The highest BCUT2D eigenvalue weighted by atomic mass is 15.0. The minimum atomic E-state index is 0.862. The number of fused-ring (bicyclic) bond motifs is 1. The van der Waals surface area contributed by atoms with Crippen LogP contribution < -0.4 is 5.32 Å². The van der Waals surface area contributed by atoms with Crippen LogP contribution in [0.25, 0.3) is 16.9 Å². The predicted octanol–water partition coefficient (Wildman–Crippen LogP) is 2.72. The van der Waals surface area contributed by atoms with Crippen molar-refractivity contribution >= 4 is 5.65 Å². The molecule has 0 fully saturated rings. The van der Waals surface area contributed by atoms with Gasteiger partial charge in [0.1, 0.15) is 5.65 Å². The summed E-state index contributed by atoms with van der Waals surface area (Å²) in [4.78, 5) is 4.33. The number of aromatic nitrogens is 2. The normalized spacial score (nSPS) is 10.9. The summed E-state index contributed by atoms with van der Waals surface area (Å²) in [5.74, 6) is 0.